The van der Waals surface area contributed by atoms with Crippen LogP contribution in [0.15, 0.2) is 18.2 Å². The van der Waals surface area contributed by atoms with E-state index in [4.69, 9.17) is 0 Å². The minimum absolute atomic E-state index is 0.538. The highest BCUT2D eigenvalue weighted by atomic mass is 15.2. The Morgan fingerprint density at radius 2 is 1.71 bits per heavy atom. The molecule has 0 amide bonds. The molecule has 0 radical (unpaired) electrons. The zero-order valence-electron chi connectivity index (χ0n) is 13.0. The standard InChI is InChI=1S/C17H20N4/c1-5-13-8-7-9-14(6-2)16(13)19-17-15(10-18)11(3)12(4)20-21-17/h7-9H,5-6H2,1-4H3,(H,19,21). The van der Waals surface area contributed by atoms with Gasteiger partial charge in [0.1, 0.15) is 11.6 Å². The van der Waals surface area contributed by atoms with E-state index in [1.165, 1.54) is 11.1 Å². The topological polar surface area (TPSA) is 61.6 Å². The molecule has 0 saturated heterocycles. The van der Waals surface area contributed by atoms with Crippen LogP contribution in [0.25, 0.3) is 0 Å². The largest absolute Gasteiger partial charge is 0.337 e. The van der Waals surface area contributed by atoms with Crippen LogP contribution in [0, 0.1) is 25.2 Å². The number of rotatable bonds is 4. The van der Waals surface area contributed by atoms with Crippen molar-refractivity contribution in [3.63, 3.8) is 0 Å². The van der Waals surface area contributed by atoms with Gasteiger partial charge in [-0.15, -0.1) is 5.10 Å². The Morgan fingerprint density at radius 1 is 1.10 bits per heavy atom. The number of nitrogens with one attached hydrogen (secondary N) is 1. The van der Waals surface area contributed by atoms with Gasteiger partial charge in [0.15, 0.2) is 5.82 Å². The van der Waals surface area contributed by atoms with Gasteiger partial charge < -0.3 is 5.32 Å². The molecule has 0 aliphatic carbocycles. The van der Waals surface area contributed by atoms with E-state index in [2.05, 4.69) is 53.6 Å². The number of nitrogens with zero attached hydrogens (tertiary/aromatic N) is 3. The summed E-state index contributed by atoms with van der Waals surface area (Å²) in [5.74, 6) is 0.538. The van der Waals surface area contributed by atoms with Gasteiger partial charge in [0, 0.05) is 5.69 Å². The number of nitriles is 1. The second kappa shape index (κ2) is 6.36. The van der Waals surface area contributed by atoms with Crippen LogP contribution < -0.4 is 5.32 Å². The zero-order chi connectivity index (χ0) is 15.4. The molecular weight excluding hydrogens is 260 g/mol. The number of aryl methyl sites for hydroxylation is 3. The van der Waals surface area contributed by atoms with Gasteiger partial charge in [0.05, 0.1) is 5.69 Å². The molecule has 2 aromatic rings. The third-order valence-electron chi connectivity index (χ3n) is 3.81. The van der Waals surface area contributed by atoms with Crippen LogP contribution in [0.4, 0.5) is 11.5 Å². The smallest absolute Gasteiger partial charge is 0.171 e. The van der Waals surface area contributed by atoms with Crippen LogP contribution in [-0.2, 0) is 12.8 Å². The molecule has 21 heavy (non-hydrogen) atoms. The van der Waals surface area contributed by atoms with Crippen LogP contribution in [0.3, 0.4) is 0 Å². The molecule has 108 valence electrons. The molecule has 0 fully saturated rings. The van der Waals surface area contributed by atoms with Crippen molar-refractivity contribution in [2.45, 2.75) is 40.5 Å². The number of para-hydroxylation sites is 1. The van der Waals surface area contributed by atoms with Crippen molar-refractivity contribution in [1.82, 2.24) is 10.2 Å². The SMILES string of the molecule is CCc1cccc(CC)c1Nc1nnc(C)c(C)c1C#N. The summed E-state index contributed by atoms with van der Waals surface area (Å²) in [7, 11) is 0. The maximum Gasteiger partial charge on any atom is 0.171 e. The van der Waals surface area contributed by atoms with E-state index in [9.17, 15) is 5.26 Å². The lowest BCUT2D eigenvalue weighted by molar-refractivity contribution is 0.957. The average molecular weight is 280 g/mol. The number of hydrogen-bond acceptors (Lipinski definition) is 4. The van der Waals surface area contributed by atoms with Gasteiger partial charge in [-0.3, -0.25) is 0 Å². The number of anilines is 2. The number of aromatic nitrogens is 2. The first-order valence-corrected chi connectivity index (χ1v) is 7.24. The van der Waals surface area contributed by atoms with Crippen molar-refractivity contribution in [3.8, 4) is 6.07 Å². The third-order valence-corrected chi connectivity index (χ3v) is 3.81. The van der Waals surface area contributed by atoms with Crippen LogP contribution in [0.2, 0.25) is 0 Å². The van der Waals surface area contributed by atoms with Crippen molar-refractivity contribution >= 4 is 11.5 Å². The van der Waals surface area contributed by atoms with E-state index in [-0.39, 0.29) is 0 Å². The van der Waals surface area contributed by atoms with Crippen molar-refractivity contribution in [3.05, 3.63) is 46.1 Å². The molecule has 1 N–H and O–H groups in total. The normalized spacial score (nSPS) is 10.2. The van der Waals surface area contributed by atoms with Gasteiger partial charge in [0.25, 0.3) is 0 Å². The van der Waals surface area contributed by atoms with Crippen LogP contribution in [-0.4, -0.2) is 10.2 Å². The van der Waals surface area contributed by atoms with Gasteiger partial charge in [-0.05, 0) is 43.4 Å². The molecule has 1 aromatic heterocycles. The molecule has 0 unspecified atom stereocenters. The fourth-order valence-electron chi connectivity index (χ4n) is 2.35. The van der Waals surface area contributed by atoms with Crippen molar-refractivity contribution in [2.24, 2.45) is 0 Å². The molecule has 0 atom stereocenters. The Bertz CT molecular complexity index is 676. The lowest BCUT2D eigenvalue weighted by atomic mass is 10.0. The van der Waals surface area contributed by atoms with Crippen molar-refractivity contribution in [1.29, 1.82) is 5.26 Å². The van der Waals surface area contributed by atoms with Crippen LogP contribution >= 0.6 is 0 Å². The Hall–Kier alpha value is -2.41. The average Bonchev–Trinajstić information content (AvgIpc) is 2.51. The fourth-order valence-corrected chi connectivity index (χ4v) is 2.35. The van der Waals surface area contributed by atoms with E-state index < -0.39 is 0 Å². The van der Waals surface area contributed by atoms with Gasteiger partial charge >= 0.3 is 0 Å². The number of hydrogen-bond donors (Lipinski definition) is 1. The summed E-state index contributed by atoms with van der Waals surface area (Å²) in [5, 5.41) is 21.0. The predicted molar refractivity (Wildman–Crippen MR) is 84.7 cm³/mol. The summed E-state index contributed by atoms with van der Waals surface area (Å²) in [5.41, 5.74) is 5.72. The van der Waals surface area contributed by atoms with Gasteiger partial charge in [-0.25, -0.2) is 0 Å². The van der Waals surface area contributed by atoms with E-state index >= 15 is 0 Å². The monoisotopic (exact) mass is 280 g/mol. The molecule has 0 bridgehead atoms. The van der Waals surface area contributed by atoms with E-state index in [1.807, 2.05) is 13.8 Å². The maximum atomic E-state index is 9.40. The van der Waals surface area contributed by atoms with Crippen molar-refractivity contribution in [2.75, 3.05) is 5.32 Å². The highest BCUT2D eigenvalue weighted by Gasteiger charge is 2.14. The van der Waals surface area contributed by atoms with Gasteiger partial charge in [-0.2, -0.15) is 10.4 Å². The second-order valence-electron chi connectivity index (χ2n) is 5.03. The Balaban J connectivity index is 2.53. The summed E-state index contributed by atoms with van der Waals surface area (Å²) in [4.78, 5) is 0. The Kier molecular flexibility index (Phi) is 4.54. The summed E-state index contributed by atoms with van der Waals surface area (Å²) < 4.78 is 0. The predicted octanol–water partition coefficient (Wildman–Crippen LogP) is 3.83. The summed E-state index contributed by atoms with van der Waals surface area (Å²) in [6.07, 6.45) is 1.85. The first-order valence-electron chi connectivity index (χ1n) is 7.24. The molecule has 1 aromatic carbocycles. The summed E-state index contributed by atoms with van der Waals surface area (Å²) >= 11 is 0. The number of benzene rings is 1. The molecule has 4 nitrogen and oxygen atoms in total. The molecular formula is C17H20N4. The van der Waals surface area contributed by atoms with E-state index in [0.29, 0.717) is 11.4 Å². The van der Waals surface area contributed by atoms with Crippen LogP contribution in [0.1, 0.15) is 41.8 Å². The van der Waals surface area contributed by atoms with Crippen molar-refractivity contribution < 1.29 is 0 Å². The van der Waals surface area contributed by atoms with Gasteiger partial charge in [0.2, 0.25) is 0 Å². The van der Waals surface area contributed by atoms with Crippen LogP contribution in [0.5, 0.6) is 0 Å². The zero-order valence-corrected chi connectivity index (χ0v) is 13.0. The first-order chi connectivity index (χ1) is 10.1. The molecule has 4 heteroatoms. The molecule has 0 aliphatic heterocycles. The van der Waals surface area contributed by atoms with E-state index in [0.717, 1.165) is 29.8 Å². The van der Waals surface area contributed by atoms with E-state index in [1.54, 1.807) is 0 Å². The summed E-state index contributed by atoms with van der Waals surface area (Å²) in [6.45, 7) is 8.01. The summed E-state index contributed by atoms with van der Waals surface area (Å²) in [6, 6.07) is 8.50. The first kappa shape index (κ1) is 15.0. The molecule has 0 spiro atoms. The second-order valence-corrected chi connectivity index (χ2v) is 5.03. The maximum absolute atomic E-state index is 9.40. The minimum atomic E-state index is 0.538. The quantitative estimate of drug-likeness (QED) is 0.924. The molecule has 2 rings (SSSR count). The highest BCUT2D eigenvalue weighted by molar-refractivity contribution is 5.69. The highest BCUT2D eigenvalue weighted by Crippen LogP contribution is 2.28. The third kappa shape index (κ3) is 2.87. The fraction of sp³-hybridized carbons (Fsp3) is 0.353. The minimum Gasteiger partial charge on any atom is -0.337 e. The molecule has 0 saturated carbocycles. The lowest BCUT2D eigenvalue weighted by Gasteiger charge is -2.16. The molecule has 0 aliphatic rings. The Labute approximate surface area is 125 Å². The lowest BCUT2D eigenvalue weighted by Crippen LogP contribution is -2.06. The molecule has 1 heterocycles. The van der Waals surface area contributed by atoms with Gasteiger partial charge in [-0.1, -0.05) is 32.0 Å². The Morgan fingerprint density at radius 3 is 2.24 bits per heavy atom.